The molecule has 11 heteroatoms. The van der Waals surface area contributed by atoms with E-state index in [1.54, 1.807) is 31.2 Å². The number of aromatic nitrogens is 3. The fourth-order valence-electron chi connectivity index (χ4n) is 3.03. The standard InChI is InChI=1S/C21H15F3N4O2S2/c1-12-10-14(13-2-4-15(5-3-13)21(22,23)24)11-17(27-12)16-8-9-26-20(28-16)18-6-7-19(31-18)32(25,29)30/h2-11H,1H3,(H2,25,29,30). The number of halogens is 3. The number of hydrogen-bond acceptors (Lipinski definition) is 6. The van der Waals surface area contributed by atoms with E-state index in [-0.39, 0.29) is 4.21 Å². The topological polar surface area (TPSA) is 98.8 Å². The molecule has 4 rings (SSSR count). The first-order valence-electron chi connectivity index (χ1n) is 9.13. The maximum Gasteiger partial charge on any atom is 0.416 e. The van der Waals surface area contributed by atoms with Gasteiger partial charge in [0.05, 0.1) is 21.8 Å². The van der Waals surface area contributed by atoms with Gasteiger partial charge in [0.15, 0.2) is 5.82 Å². The molecule has 6 nitrogen and oxygen atoms in total. The summed E-state index contributed by atoms with van der Waals surface area (Å²) >= 11 is 0.953. The molecule has 3 heterocycles. The number of nitrogens with zero attached hydrogens (tertiary/aromatic N) is 3. The molecule has 0 saturated heterocycles. The highest BCUT2D eigenvalue weighted by Crippen LogP contribution is 2.33. The summed E-state index contributed by atoms with van der Waals surface area (Å²) in [4.78, 5) is 13.7. The number of aryl methyl sites for hydroxylation is 1. The van der Waals surface area contributed by atoms with Crippen LogP contribution in [0.25, 0.3) is 33.2 Å². The molecule has 3 aromatic heterocycles. The Morgan fingerprint density at radius 1 is 0.906 bits per heavy atom. The van der Waals surface area contributed by atoms with Crippen LogP contribution in [-0.4, -0.2) is 23.4 Å². The number of primary sulfonamides is 1. The van der Waals surface area contributed by atoms with Crippen molar-refractivity contribution in [3.63, 3.8) is 0 Å². The van der Waals surface area contributed by atoms with E-state index in [2.05, 4.69) is 15.0 Å². The second-order valence-corrected chi connectivity index (χ2v) is 9.76. The summed E-state index contributed by atoms with van der Waals surface area (Å²) in [6.07, 6.45) is -2.88. The fraction of sp³-hybridized carbons (Fsp3) is 0.0952. The van der Waals surface area contributed by atoms with Gasteiger partial charge < -0.3 is 0 Å². The molecule has 0 bridgehead atoms. The molecule has 0 radical (unpaired) electrons. The summed E-state index contributed by atoms with van der Waals surface area (Å²) in [6.45, 7) is 1.77. The Hall–Kier alpha value is -3.15. The van der Waals surface area contributed by atoms with Gasteiger partial charge >= 0.3 is 6.18 Å². The van der Waals surface area contributed by atoms with Crippen molar-refractivity contribution in [1.29, 1.82) is 0 Å². The lowest BCUT2D eigenvalue weighted by Gasteiger charge is -2.10. The highest BCUT2D eigenvalue weighted by Gasteiger charge is 2.30. The maximum absolute atomic E-state index is 12.9. The third-order valence-electron chi connectivity index (χ3n) is 4.50. The highest BCUT2D eigenvalue weighted by molar-refractivity contribution is 7.91. The van der Waals surface area contributed by atoms with Gasteiger partial charge in [-0.3, -0.25) is 4.98 Å². The minimum Gasteiger partial charge on any atom is -0.251 e. The quantitative estimate of drug-likeness (QED) is 0.451. The lowest BCUT2D eigenvalue weighted by Crippen LogP contribution is -2.09. The first kappa shape index (κ1) is 22.1. The molecule has 4 aromatic rings. The molecule has 0 fully saturated rings. The molecule has 0 atom stereocenters. The van der Waals surface area contributed by atoms with Crippen LogP contribution >= 0.6 is 11.3 Å². The Morgan fingerprint density at radius 3 is 2.25 bits per heavy atom. The van der Waals surface area contributed by atoms with Gasteiger partial charge in [0, 0.05) is 11.9 Å². The Kier molecular flexibility index (Phi) is 5.57. The van der Waals surface area contributed by atoms with E-state index in [0.717, 1.165) is 23.5 Å². The molecule has 0 aliphatic heterocycles. The molecular weight excluding hydrogens is 461 g/mol. The van der Waals surface area contributed by atoms with Crippen LogP contribution in [0.15, 0.2) is 65.0 Å². The van der Waals surface area contributed by atoms with Crippen molar-refractivity contribution in [2.45, 2.75) is 17.3 Å². The molecule has 164 valence electrons. The zero-order valence-electron chi connectivity index (χ0n) is 16.5. The summed E-state index contributed by atoms with van der Waals surface area (Å²) in [5, 5.41) is 5.16. The Bertz CT molecular complexity index is 1400. The van der Waals surface area contributed by atoms with Gasteiger partial charge in [0.1, 0.15) is 4.21 Å². The van der Waals surface area contributed by atoms with Crippen LogP contribution in [0.2, 0.25) is 0 Å². The molecular formula is C21H15F3N4O2S2. The number of sulfonamides is 1. The van der Waals surface area contributed by atoms with Gasteiger partial charge in [-0.15, -0.1) is 11.3 Å². The third kappa shape index (κ3) is 4.69. The summed E-state index contributed by atoms with van der Waals surface area (Å²) in [6, 6.07) is 13.0. The lowest BCUT2D eigenvalue weighted by atomic mass is 10.0. The summed E-state index contributed by atoms with van der Waals surface area (Å²) < 4.78 is 61.6. The molecule has 0 saturated carbocycles. The molecule has 2 N–H and O–H groups in total. The predicted molar refractivity (Wildman–Crippen MR) is 115 cm³/mol. The molecule has 0 aliphatic rings. The Labute approximate surface area is 185 Å². The summed E-state index contributed by atoms with van der Waals surface area (Å²) in [5.41, 5.74) is 2.22. The van der Waals surface area contributed by atoms with Crippen LogP contribution in [-0.2, 0) is 16.2 Å². The highest BCUT2D eigenvalue weighted by atomic mass is 32.2. The molecule has 0 amide bonds. The third-order valence-corrected chi connectivity index (χ3v) is 7.02. The van der Waals surface area contributed by atoms with Crippen molar-refractivity contribution in [3.05, 3.63) is 72.1 Å². The van der Waals surface area contributed by atoms with E-state index < -0.39 is 21.8 Å². The van der Waals surface area contributed by atoms with Gasteiger partial charge in [-0.05, 0) is 60.5 Å². The molecule has 0 spiro atoms. The van der Waals surface area contributed by atoms with Crippen LogP contribution in [0.1, 0.15) is 11.3 Å². The zero-order valence-corrected chi connectivity index (χ0v) is 18.1. The van der Waals surface area contributed by atoms with E-state index in [9.17, 15) is 21.6 Å². The minimum absolute atomic E-state index is 0.000210. The zero-order chi connectivity index (χ0) is 23.1. The van der Waals surface area contributed by atoms with Crippen molar-refractivity contribution in [1.82, 2.24) is 15.0 Å². The van der Waals surface area contributed by atoms with Gasteiger partial charge in [0.2, 0.25) is 10.0 Å². The van der Waals surface area contributed by atoms with Crippen LogP contribution in [0, 0.1) is 6.92 Å². The number of thiophene rings is 1. The number of hydrogen-bond donors (Lipinski definition) is 1. The van der Waals surface area contributed by atoms with Crippen LogP contribution < -0.4 is 5.14 Å². The summed E-state index contributed by atoms with van der Waals surface area (Å²) in [7, 11) is -3.83. The second-order valence-electron chi connectivity index (χ2n) is 6.89. The normalized spacial score (nSPS) is 12.2. The van der Waals surface area contributed by atoms with E-state index in [0.29, 0.717) is 38.9 Å². The van der Waals surface area contributed by atoms with E-state index >= 15 is 0 Å². The maximum atomic E-state index is 12.9. The Morgan fingerprint density at radius 2 is 1.62 bits per heavy atom. The smallest absolute Gasteiger partial charge is 0.251 e. The van der Waals surface area contributed by atoms with Gasteiger partial charge in [-0.2, -0.15) is 13.2 Å². The number of alkyl halides is 3. The largest absolute Gasteiger partial charge is 0.416 e. The van der Waals surface area contributed by atoms with Gasteiger partial charge in [0.25, 0.3) is 0 Å². The van der Waals surface area contributed by atoms with Crippen molar-refractivity contribution in [2.75, 3.05) is 0 Å². The first-order valence-corrected chi connectivity index (χ1v) is 11.5. The first-order chi connectivity index (χ1) is 15.0. The number of benzene rings is 1. The van der Waals surface area contributed by atoms with Gasteiger partial charge in [-0.25, -0.2) is 23.5 Å². The summed E-state index contributed by atoms with van der Waals surface area (Å²) in [5.74, 6) is 0.307. The second kappa shape index (κ2) is 8.08. The Balaban J connectivity index is 1.71. The predicted octanol–water partition coefficient (Wildman–Crippen LogP) is 4.91. The van der Waals surface area contributed by atoms with E-state index in [4.69, 9.17) is 5.14 Å². The van der Waals surface area contributed by atoms with Crippen molar-refractivity contribution < 1.29 is 21.6 Å². The molecule has 32 heavy (non-hydrogen) atoms. The van der Waals surface area contributed by atoms with Crippen molar-refractivity contribution in [3.8, 4) is 33.2 Å². The van der Waals surface area contributed by atoms with E-state index in [1.807, 2.05) is 0 Å². The minimum atomic E-state index is -4.40. The molecule has 1 aromatic carbocycles. The molecule has 0 aliphatic carbocycles. The monoisotopic (exact) mass is 476 g/mol. The number of nitrogens with two attached hydrogens (primary N) is 1. The van der Waals surface area contributed by atoms with Crippen LogP contribution in [0.5, 0.6) is 0 Å². The van der Waals surface area contributed by atoms with Crippen LogP contribution in [0.3, 0.4) is 0 Å². The average molecular weight is 477 g/mol. The lowest BCUT2D eigenvalue weighted by molar-refractivity contribution is -0.137. The van der Waals surface area contributed by atoms with Crippen LogP contribution in [0.4, 0.5) is 13.2 Å². The van der Waals surface area contributed by atoms with Crippen molar-refractivity contribution in [2.24, 2.45) is 5.14 Å². The number of pyridine rings is 1. The fourth-order valence-corrected chi connectivity index (χ4v) is 4.70. The molecule has 0 unspecified atom stereocenters. The number of rotatable bonds is 4. The van der Waals surface area contributed by atoms with E-state index in [1.165, 1.54) is 24.4 Å². The SMILES string of the molecule is Cc1cc(-c2ccc(C(F)(F)F)cc2)cc(-c2ccnc(-c3ccc(S(N)(=O)=O)s3)n2)n1. The van der Waals surface area contributed by atoms with Crippen molar-refractivity contribution >= 4 is 21.4 Å². The average Bonchev–Trinajstić information content (AvgIpc) is 3.24. The van der Waals surface area contributed by atoms with Gasteiger partial charge in [-0.1, -0.05) is 12.1 Å².